The number of benzene rings is 1. The molecule has 1 aromatic heterocycles. The number of nitrogens with two attached hydrogens (primary N) is 1. The van der Waals surface area contributed by atoms with Crippen LogP contribution in [0, 0.1) is 6.92 Å². The van der Waals surface area contributed by atoms with Crippen LogP contribution < -0.4 is 11.3 Å². The Balaban J connectivity index is 2.28. The van der Waals surface area contributed by atoms with E-state index < -0.39 is 0 Å². The minimum absolute atomic E-state index is 0.502. The predicted octanol–water partition coefficient (Wildman–Crippen LogP) is 4.79. The van der Waals surface area contributed by atoms with Crippen LogP contribution >= 0.6 is 23.2 Å². The van der Waals surface area contributed by atoms with Crippen LogP contribution in [0.2, 0.25) is 10.0 Å². The number of hydrogen-bond donors (Lipinski definition) is 2. The second kappa shape index (κ2) is 5.40. The maximum absolute atomic E-state index is 6.40. The number of rotatable bonds is 2. The molecule has 1 aromatic carbocycles. The Hall–Kier alpha value is -1.03. The summed E-state index contributed by atoms with van der Waals surface area (Å²) in [5.74, 6) is 6.18. The van der Waals surface area contributed by atoms with E-state index in [0.29, 0.717) is 16.0 Å². The second-order valence-corrected chi connectivity index (χ2v) is 6.22. The predicted molar refractivity (Wildman–Crippen MR) is 85.5 cm³/mol. The Bertz CT molecular complexity index is 664. The highest BCUT2D eigenvalue weighted by Crippen LogP contribution is 2.40. The fraction of sp³-hybridized carbons (Fsp3) is 0.400. The van der Waals surface area contributed by atoms with E-state index in [2.05, 4.69) is 5.43 Å². The molecule has 1 saturated carbocycles. The van der Waals surface area contributed by atoms with Gasteiger partial charge in [-0.3, -0.25) is 10.8 Å². The van der Waals surface area contributed by atoms with Crippen LogP contribution in [-0.2, 0) is 0 Å². The maximum atomic E-state index is 6.40. The van der Waals surface area contributed by atoms with Crippen LogP contribution in [0.3, 0.4) is 0 Å². The highest BCUT2D eigenvalue weighted by molar-refractivity contribution is 6.41. The Morgan fingerprint density at radius 2 is 1.95 bits per heavy atom. The molecule has 3 rings (SSSR count). The van der Waals surface area contributed by atoms with E-state index in [1.54, 1.807) is 0 Å². The number of anilines is 1. The number of fused-ring (bicyclic) bond motifs is 1. The Kier molecular flexibility index (Phi) is 3.76. The minimum Gasteiger partial charge on any atom is -0.323 e. The summed E-state index contributed by atoms with van der Waals surface area (Å²) in [5.41, 5.74) is 6.27. The van der Waals surface area contributed by atoms with Crippen LogP contribution in [0.4, 0.5) is 5.69 Å². The van der Waals surface area contributed by atoms with E-state index in [0.717, 1.165) is 27.8 Å². The number of nitrogens with zero attached hydrogens (tertiary/aromatic N) is 1. The largest absolute Gasteiger partial charge is 0.323 e. The van der Waals surface area contributed by atoms with Gasteiger partial charge in [-0.15, -0.1) is 0 Å². The molecule has 3 nitrogen and oxygen atoms in total. The maximum Gasteiger partial charge on any atom is 0.0928 e. The summed E-state index contributed by atoms with van der Waals surface area (Å²) in [6.45, 7) is 1.93. The van der Waals surface area contributed by atoms with Crippen molar-refractivity contribution in [3.8, 4) is 0 Å². The molecule has 106 valence electrons. The fourth-order valence-electron chi connectivity index (χ4n) is 3.02. The van der Waals surface area contributed by atoms with Crippen molar-refractivity contribution in [2.75, 3.05) is 5.43 Å². The van der Waals surface area contributed by atoms with Gasteiger partial charge < -0.3 is 5.43 Å². The molecule has 0 bridgehead atoms. The minimum atomic E-state index is 0.502. The number of pyridine rings is 1. The van der Waals surface area contributed by atoms with Gasteiger partial charge in [0.2, 0.25) is 0 Å². The van der Waals surface area contributed by atoms with Crippen LogP contribution in [0.5, 0.6) is 0 Å². The number of aromatic nitrogens is 1. The van der Waals surface area contributed by atoms with Gasteiger partial charge in [-0.2, -0.15) is 0 Å². The van der Waals surface area contributed by atoms with Crippen molar-refractivity contribution in [3.05, 3.63) is 33.4 Å². The molecule has 0 radical (unpaired) electrons. The van der Waals surface area contributed by atoms with Gasteiger partial charge in [0.05, 0.1) is 21.2 Å². The second-order valence-electron chi connectivity index (χ2n) is 5.43. The molecule has 5 heteroatoms. The Morgan fingerprint density at radius 3 is 2.60 bits per heavy atom. The lowest BCUT2D eigenvalue weighted by Crippen LogP contribution is -2.10. The Morgan fingerprint density at radius 1 is 1.25 bits per heavy atom. The summed E-state index contributed by atoms with van der Waals surface area (Å²) in [4.78, 5) is 4.76. The van der Waals surface area contributed by atoms with E-state index >= 15 is 0 Å². The van der Waals surface area contributed by atoms with E-state index in [9.17, 15) is 0 Å². The monoisotopic (exact) mass is 309 g/mol. The normalized spacial score (nSPS) is 16.0. The van der Waals surface area contributed by atoms with Crippen LogP contribution in [0.25, 0.3) is 10.9 Å². The smallest absolute Gasteiger partial charge is 0.0928 e. The first-order chi connectivity index (χ1) is 9.61. The van der Waals surface area contributed by atoms with Crippen molar-refractivity contribution < 1.29 is 0 Å². The third kappa shape index (κ3) is 2.24. The van der Waals surface area contributed by atoms with Crippen molar-refractivity contribution in [1.29, 1.82) is 0 Å². The summed E-state index contributed by atoms with van der Waals surface area (Å²) >= 11 is 12.8. The van der Waals surface area contributed by atoms with Crippen molar-refractivity contribution in [3.63, 3.8) is 0 Å². The number of halogens is 2. The van der Waals surface area contributed by atoms with Crippen molar-refractivity contribution >= 4 is 39.8 Å². The number of nitrogen functional groups attached to an aromatic ring is 1. The lowest BCUT2D eigenvalue weighted by molar-refractivity contribution is 0.701. The third-order valence-corrected chi connectivity index (χ3v) is 4.88. The first-order valence-electron chi connectivity index (χ1n) is 6.87. The molecular formula is C15H17Cl2N3. The van der Waals surface area contributed by atoms with Crippen LogP contribution in [-0.4, -0.2) is 4.98 Å². The molecule has 1 heterocycles. The van der Waals surface area contributed by atoms with Gasteiger partial charge in [-0.05, 0) is 37.5 Å². The van der Waals surface area contributed by atoms with Gasteiger partial charge in [-0.1, -0.05) is 36.0 Å². The number of hydrogen-bond acceptors (Lipinski definition) is 3. The first-order valence-corrected chi connectivity index (χ1v) is 7.63. The zero-order valence-corrected chi connectivity index (χ0v) is 12.9. The van der Waals surface area contributed by atoms with Crippen molar-refractivity contribution in [1.82, 2.24) is 4.98 Å². The highest BCUT2D eigenvalue weighted by atomic mass is 35.5. The molecule has 0 aliphatic heterocycles. The molecule has 1 aliphatic carbocycles. The molecule has 1 fully saturated rings. The average molecular weight is 310 g/mol. The molecule has 1 aliphatic rings. The number of nitrogens with one attached hydrogen (secondary N) is 1. The summed E-state index contributed by atoms with van der Waals surface area (Å²) < 4.78 is 0. The average Bonchev–Trinajstić information content (AvgIpc) is 2.97. The van der Waals surface area contributed by atoms with Gasteiger partial charge >= 0.3 is 0 Å². The SMILES string of the molecule is Cc1cc(Cl)c2nc(C3CCCC3)cc(NN)c2c1Cl. The summed E-state index contributed by atoms with van der Waals surface area (Å²) in [6, 6.07) is 3.87. The zero-order valence-electron chi connectivity index (χ0n) is 11.3. The van der Waals surface area contributed by atoms with Gasteiger partial charge in [0.25, 0.3) is 0 Å². The molecular weight excluding hydrogens is 293 g/mol. The van der Waals surface area contributed by atoms with Gasteiger partial charge in [0.1, 0.15) is 0 Å². The molecule has 0 spiro atoms. The third-order valence-electron chi connectivity index (χ3n) is 4.10. The van der Waals surface area contributed by atoms with Gasteiger partial charge in [0, 0.05) is 17.0 Å². The standard InChI is InChI=1S/C15H17Cl2N3/c1-8-6-10(16)15-13(14(8)17)12(20-18)7-11(19-15)9-4-2-3-5-9/h6-7,9H,2-5,18H2,1H3,(H,19,20). The molecule has 0 saturated heterocycles. The first kappa shape index (κ1) is 13.9. The summed E-state index contributed by atoms with van der Waals surface area (Å²) in [5, 5.41) is 2.09. The van der Waals surface area contributed by atoms with E-state index in [-0.39, 0.29) is 0 Å². The lowest BCUT2D eigenvalue weighted by Gasteiger charge is -2.15. The lowest BCUT2D eigenvalue weighted by atomic mass is 10.0. The van der Waals surface area contributed by atoms with Crippen molar-refractivity contribution in [2.45, 2.75) is 38.5 Å². The number of hydrazine groups is 1. The summed E-state index contributed by atoms with van der Waals surface area (Å²) in [7, 11) is 0. The molecule has 0 unspecified atom stereocenters. The van der Waals surface area contributed by atoms with Crippen LogP contribution in [0.1, 0.15) is 42.9 Å². The number of aryl methyl sites for hydroxylation is 1. The molecule has 0 atom stereocenters. The van der Waals surface area contributed by atoms with E-state index in [4.69, 9.17) is 34.0 Å². The van der Waals surface area contributed by atoms with Gasteiger partial charge in [0.15, 0.2) is 0 Å². The Labute approximate surface area is 128 Å². The summed E-state index contributed by atoms with van der Waals surface area (Å²) in [6.07, 6.45) is 4.88. The van der Waals surface area contributed by atoms with Gasteiger partial charge in [-0.25, -0.2) is 0 Å². The highest BCUT2D eigenvalue weighted by Gasteiger charge is 2.21. The molecule has 3 N–H and O–H groups in total. The topological polar surface area (TPSA) is 50.9 Å². The van der Waals surface area contributed by atoms with Crippen LogP contribution in [0.15, 0.2) is 12.1 Å². The fourth-order valence-corrected chi connectivity index (χ4v) is 3.57. The van der Waals surface area contributed by atoms with E-state index in [1.165, 1.54) is 25.7 Å². The molecule has 20 heavy (non-hydrogen) atoms. The molecule has 2 aromatic rings. The quantitative estimate of drug-likeness (QED) is 0.619. The zero-order chi connectivity index (χ0) is 14.3. The van der Waals surface area contributed by atoms with Crippen molar-refractivity contribution in [2.24, 2.45) is 5.84 Å². The van der Waals surface area contributed by atoms with E-state index in [1.807, 2.05) is 19.1 Å². The molecule has 0 amide bonds.